The smallest absolute Gasteiger partial charge is 0.159 e. The summed E-state index contributed by atoms with van der Waals surface area (Å²) in [6.45, 7) is 11.7. The molecule has 1 spiro atoms. The van der Waals surface area contributed by atoms with Crippen molar-refractivity contribution in [1.82, 2.24) is 0 Å². The van der Waals surface area contributed by atoms with Crippen LogP contribution >= 0.6 is 0 Å². The zero-order chi connectivity index (χ0) is 42.7. The van der Waals surface area contributed by atoms with Gasteiger partial charge in [-0.25, -0.2) is 0 Å². The van der Waals surface area contributed by atoms with Crippen molar-refractivity contribution in [2.45, 2.75) is 121 Å². The minimum atomic E-state index is -0.124. The molecular weight excluding hydrogens is 763 g/mol. The maximum atomic E-state index is 7.44. The minimum absolute atomic E-state index is 0.0508. The van der Waals surface area contributed by atoms with Crippen molar-refractivity contribution in [2.24, 2.45) is 0 Å². The average Bonchev–Trinajstić information content (AvgIpc) is 3.90. The van der Waals surface area contributed by atoms with E-state index in [0.29, 0.717) is 5.92 Å². The van der Waals surface area contributed by atoms with E-state index >= 15 is 0 Å². The molecule has 0 aliphatic heterocycles. The molecule has 0 radical (unpaired) electrons. The second-order valence-corrected chi connectivity index (χ2v) is 21.0. The summed E-state index contributed by atoms with van der Waals surface area (Å²) in [5, 5.41) is 2.41. The number of benzene rings is 7. The van der Waals surface area contributed by atoms with Crippen LogP contribution in [0.5, 0.6) is 0 Å². The molecule has 1 heterocycles. The quantitative estimate of drug-likeness (QED) is 0.172. The van der Waals surface area contributed by atoms with Gasteiger partial charge in [0.15, 0.2) is 5.58 Å². The molecule has 314 valence electrons. The Kier molecular flexibility index (Phi) is 8.82. The SMILES string of the molecule is CC(C)(C)c1ccc(-c2cc(C3CCCCC3)c3oc4c(N(c5ccc6c(c5)C(C)(C)c5ccccc5-6)c5ccc6c(c5)C5(CCCCC5)c5ccccc5-6)cccc4c3c2)cc1. The molecule has 2 saturated carbocycles. The van der Waals surface area contributed by atoms with E-state index in [4.69, 9.17) is 4.42 Å². The van der Waals surface area contributed by atoms with Crippen LogP contribution in [0.3, 0.4) is 0 Å². The number of furan rings is 1. The lowest BCUT2D eigenvalue weighted by Crippen LogP contribution is -2.28. The zero-order valence-corrected chi connectivity index (χ0v) is 37.8. The number of hydrogen-bond donors (Lipinski definition) is 0. The standard InChI is InChI=1S/C61H59NO/c1-59(2,3)42-27-25-39(26-28-42)41-35-50(40-17-8-6-9-18-40)57-51(36-41)49-21-16-24-56(58(49)63-57)62(43-29-31-47-45-19-10-12-22-52(45)60(4,5)54(47)37-43)44-30-32-48-46-20-11-13-23-53(46)61(55(48)38-44)33-14-7-15-34-61/h10-13,16,19-32,35-38,40H,6-9,14-15,17-18,33-34H2,1-5H3. The van der Waals surface area contributed by atoms with Gasteiger partial charge in [0.1, 0.15) is 5.58 Å². The molecular formula is C61H59NO. The lowest BCUT2D eigenvalue weighted by atomic mass is 9.68. The van der Waals surface area contributed by atoms with Gasteiger partial charge in [0.05, 0.1) is 5.69 Å². The van der Waals surface area contributed by atoms with Gasteiger partial charge in [0.25, 0.3) is 0 Å². The first-order chi connectivity index (χ1) is 30.6. The third-order valence-electron chi connectivity index (χ3n) is 16.0. The van der Waals surface area contributed by atoms with Crippen LogP contribution in [0.1, 0.15) is 138 Å². The fourth-order valence-electron chi connectivity index (χ4n) is 12.7. The molecule has 0 amide bonds. The first-order valence-electron chi connectivity index (χ1n) is 24.0. The van der Waals surface area contributed by atoms with Crippen molar-refractivity contribution in [1.29, 1.82) is 0 Å². The molecule has 63 heavy (non-hydrogen) atoms. The Hall–Kier alpha value is -5.86. The Labute approximate surface area is 374 Å². The van der Waals surface area contributed by atoms with Crippen LogP contribution in [-0.2, 0) is 16.2 Å². The Morgan fingerprint density at radius 3 is 1.84 bits per heavy atom. The lowest BCUT2D eigenvalue weighted by molar-refractivity contribution is 0.353. The molecule has 2 fully saturated rings. The lowest BCUT2D eigenvalue weighted by Gasteiger charge is -2.36. The van der Waals surface area contributed by atoms with E-state index in [-0.39, 0.29) is 16.2 Å². The van der Waals surface area contributed by atoms with Crippen molar-refractivity contribution >= 4 is 39.0 Å². The monoisotopic (exact) mass is 821 g/mol. The first-order valence-corrected chi connectivity index (χ1v) is 24.0. The van der Waals surface area contributed by atoms with Crippen LogP contribution in [0.2, 0.25) is 0 Å². The number of para-hydroxylation sites is 1. The number of nitrogens with zero attached hydrogens (tertiary/aromatic N) is 1. The summed E-state index contributed by atoms with van der Waals surface area (Å²) in [5.41, 5.74) is 22.1. The molecule has 2 nitrogen and oxygen atoms in total. The van der Waals surface area contributed by atoms with E-state index in [9.17, 15) is 0 Å². The van der Waals surface area contributed by atoms with Crippen molar-refractivity contribution in [3.63, 3.8) is 0 Å². The summed E-state index contributed by atoms with van der Waals surface area (Å²) in [6.07, 6.45) is 12.6. The zero-order valence-electron chi connectivity index (χ0n) is 37.8. The second-order valence-electron chi connectivity index (χ2n) is 21.0. The maximum absolute atomic E-state index is 7.44. The van der Waals surface area contributed by atoms with Gasteiger partial charge in [-0.1, -0.05) is 170 Å². The van der Waals surface area contributed by atoms with Gasteiger partial charge in [-0.2, -0.15) is 0 Å². The van der Waals surface area contributed by atoms with Gasteiger partial charge in [-0.05, 0) is 146 Å². The van der Waals surface area contributed by atoms with E-state index < -0.39 is 0 Å². The fraction of sp³-hybridized carbons (Fsp3) is 0.311. The van der Waals surface area contributed by atoms with Crippen LogP contribution in [0.25, 0.3) is 55.3 Å². The normalized spacial score (nSPS) is 17.5. The first kappa shape index (κ1) is 38.8. The molecule has 8 aromatic rings. The van der Waals surface area contributed by atoms with Gasteiger partial charge in [0.2, 0.25) is 0 Å². The van der Waals surface area contributed by atoms with Crippen LogP contribution in [-0.4, -0.2) is 0 Å². The highest BCUT2D eigenvalue weighted by Gasteiger charge is 2.44. The van der Waals surface area contributed by atoms with Crippen molar-refractivity contribution in [3.8, 4) is 33.4 Å². The molecule has 0 unspecified atom stereocenters. The van der Waals surface area contributed by atoms with Crippen LogP contribution < -0.4 is 4.90 Å². The third-order valence-corrected chi connectivity index (χ3v) is 16.0. The number of hydrogen-bond acceptors (Lipinski definition) is 2. The number of fused-ring (bicyclic) bond motifs is 11. The third kappa shape index (κ3) is 5.96. The Morgan fingerprint density at radius 1 is 0.508 bits per heavy atom. The van der Waals surface area contributed by atoms with E-state index in [1.54, 1.807) is 0 Å². The van der Waals surface area contributed by atoms with Crippen molar-refractivity contribution < 1.29 is 4.42 Å². The van der Waals surface area contributed by atoms with Gasteiger partial charge in [0, 0.05) is 33.0 Å². The summed E-state index contributed by atoms with van der Waals surface area (Å²) < 4.78 is 7.44. The highest BCUT2D eigenvalue weighted by atomic mass is 16.3. The number of anilines is 3. The predicted octanol–water partition coefficient (Wildman–Crippen LogP) is 17.6. The van der Waals surface area contributed by atoms with Gasteiger partial charge < -0.3 is 9.32 Å². The molecule has 2 heteroatoms. The highest BCUT2D eigenvalue weighted by molar-refractivity contribution is 6.12. The van der Waals surface area contributed by atoms with Crippen LogP contribution in [0, 0.1) is 0 Å². The maximum Gasteiger partial charge on any atom is 0.159 e. The van der Waals surface area contributed by atoms with E-state index in [2.05, 4.69) is 179 Å². The van der Waals surface area contributed by atoms with E-state index in [0.717, 1.165) is 16.9 Å². The molecule has 1 aromatic heterocycles. The molecule has 0 bridgehead atoms. The summed E-state index contributed by atoms with van der Waals surface area (Å²) in [4.78, 5) is 2.54. The molecule has 0 saturated heterocycles. The molecule has 0 atom stereocenters. The summed E-state index contributed by atoms with van der Waals surface area (Å²) in [6, 6.07) is 54.0. The molecule has 7 aromatic carbocycles. The number of rotatable bonds is 5. The predicted molar refractivity (Wildman–Crippen MR) is 265 cm³/mol. The van der Waals surface area contributed by atoms with E-state index in [1.807, 2.05) is 0 Å². The van der Waals surface area contributed by atoms with Crippen LogP contribution in [0.15, 0.2) is 144 Å². The van der Waals surface area contributed by atoms with Gasteiger partial charge in [-0.15, -0.1) is 0 Å². The molecule has 0 N–H and O–H groups in total. The fourth-order valence-corrected chi connectivity index (χ4v) is 12.7. The van der Waals surface area contributed by atoms with Crippen molar-refractivity contribution in [3.05, 3.63) is 173 Å². The Morgan fingerprint density at radius 2 is 1.13 bits per heavy atom. The average molecular weight is 822 g/mol. The van der Waals surface area contributed by atoms with Gasteiger partial charge in [-0.3, -0.25) is 0 Å². The molecule has 4 aliphatic carbocycles. The van der Waals surface area contributed by atoms with Gasteiger partial charge >= 0.3 is 0 Å². The van der Waals surface area contributed by atoms with Crippen molar-refractivity contribution in [2.75, 3.05) is 4.90 Å². The minimum Gasteiger partial charge on any atom is -0.454 e. The largest absolute Gasteiger partial charge is 0.454 e. The van der Waals surface area contributed by atoms with Crippen LogP contribution in [0.4, 0.5) is 17.1 Å². The summed E-state index contributed by atoms with van der Waals surface area (Å²) >= 11 is 0. The Bertz CT molecular complexity index is 3080. The summed E-state index contributed by atoms with van der Waals surface area (Å²) in [7, 11) is 0. The van der Waals surface area contributed by atoms with E-state index in [1.165, 1.54) is 153 Å². The second kappa shape index (κ2) is 14.3. The molecule has 12 rings (SSSR count). The summed E-state index contributed by atoms with van der Waals surface area (Å²) in [5.74, 6) is 0.487. The Balaban J connectivity index is 1.09. The topological polar surface area (TPSA) is 16.4 Å². The molecule has 4 aliphatic rings. The highest BCUT2D eigenvalue weighted by Crippen LogP contribution is 2.58.